The molecule has 0 aromatic heterocycles. The second-order valence-corrected chi connectivity index (χ2v) is 7.40. The Morgan fingerprint density at radius 2 is 1.85 bits per heavy atom. The molecule has 1 unspecified atom stereocenters. The Morgan fingerprint density at radius 1 is 1.15 bits per heavy atom. The summed E-state index contributed by atoms with van der Waals surface area (Å²) in [4.78, 5) is 29.8. The van der Waals surface area contributed by atoms with Crippen molar-refractivity contribution in [2.75, 3.05) is 45.8 Å². The van der Waals surface area contributed by atoms with Crippen LogP contribution in [0.5, 0.6) is 0 Å². The number of halogens is 1. The summed E-state index contributed by atoms with van der Waals surface area (Å²) in [5, 5.41) is 6.41. The zero-order valence-corrected chi connectivity index (χ0v) is 16.9. The number of nitrogens with zero attached hydrogens (tertiary/aromatic N) is 2. The summed E-state index contributed by atoms with van der Waals surface area (Å²) in [7, 11) is 0. The van der Waals surface area contributed by atoms with Crippen LogP contribution in [0.3, 0.4) is 0 Å². The van der Waals surface area contributed by atoms with Gasteiger partial charge in [-0.25, -0.2) is 0 Å². The van der Waals surface area contributed by atoms with E-state index in [9.17, 15) is 9.59 Å². The number of nitrogens with one attached hydrogen (secondary N) is 2. The molecule has 2 aliphatic heterocycles. The molecule has 1 aromatic rings. The highest BCUT2D eigenvalue weighted by Crippen LogP contribution is 2.30. The van der Waals surface area contributed by atoms with Crippen LogP contribution < -0.4 is 10.6 Å². The highest BCUT2D eigenvalue weighted by Gasteiger charge is 2.45. The summed E-state index contributed by atoms with van der Waals surface area (Å²) in [5.74, 6) is -0.0823. The van der Waals surface area contributed by atoms with Gasteiger partial charge < -0.3 is 20.4 Å². The van der Waals surface area contributed by atoms with Crippen molar-refractivity contribution in [1.29, 1.82) is 0 Å². The van der Waals surface area contributed by atoms with Crippen LogP contribution in [-0.2, 0) is 4.79 Å². The lowest BCUT2D eigenvalue weighted by Crippen LogP contribution is -2.55. The highest BCUT2D eigenvalue weighted by atomic mass is 35.5. The minimum atomic E-state index is -0.748. The zero-order chi connectivity index (χ0) is 18.4. The monoisotopic (exact) mass is 394 g/mol. The van der Waals surface area contributed by atoms with E-state index in [2.05, 4.69) is 15.5 Å². The van der Waals surface area contributed by atoms with E-state index < -0.39 is 5.54 Å². The van der Waals surface area contributed by atoms with Crippen LogP contribution in [0.15, 0.2) is 30.3 Å². The van der Waals surface area contributed by atoms with Gasteiger partial charge in [0.05, 0.1) is 0 Å². The lowest BCUT2D eigenvalue weighted by molar-refractivity contribution is -0.129. The molecule has 27 heavy (non-hydrogen) atoms. The Hall–Kier alpha value is -1.63. The molecular weight excluding hydrogens is 364 g/mol. The second kappa shape index (κ2) is 10.1. The normalized spacial score (nSPS) is 22.9. The van der Waals surface area contributed by atoms with Gasteiger partial charge in [0.2, 0.25) is 5.91 Å². The summed E-state index contributed by atoms with van der Waals surface area (Å²) in [6.07, 6.45) is 2.52. The molecule has 0 radical (unpaired) electrons. The van der Waals surface area contributed by atoms with Crippen molar-refractivity contribution in [2.45, 2.75) is 31.7 Å². The van der Waals surface area contributed by atoms with Crippen molar-refractivity contribution in [3.05, 3.63) is 35.9 Å². The Balaban J connectivity index is 0.00000261. The van der Waals surface area contributed by atoms with Crippen molar-refractivity contribution in [1.82, 2.24) is 20.4 Å². The minimum Gasteiger partial charge on any atom is -0.354 e. The van der Waals surface area contributed by atoms with Crippen molar-refractivity contribution >= 4 is 24.2 Å². The summed E-state index contributed by atoms with van der Waals surface area (Å²) >= 11 is 0. The lowest BCUT2D eigenvalue weighted by atomic mass is 9.96. The fraction of sp³-hybridized carbons (Fsp3) is 0.600. The number of hydrogen-bond acceptors (Lipinski definition) is 4. The van der Waals surface area contributed by atoms with E-state index in [0.29, 0.717) is 18.7 Å². The van der Waals surface area contributed by atoms with Crippen molar-refractivity contribution in [2.24, 2.45) is 0 Å². The van der Waals surface area contributed by atoms with E-state index in [4.69, 9.17) is 0 Å². The Labute approximate surface area is 168 Å². The van der Waals surface area contributed by atoms with Gasteiger partial charge >= 0.3 is 0 Å². The van der Waals surface area contributed by atoms with Gasteiger partial charge in [0.25, 0.3) is 5.91 Å². The number of amides is 2. The van der Waals surface area contributed by atoms with Crippen molar-refractivity contribution in [3.63, 3.8) is 0 Å². The van der Waals surface area contributed by atoms with Crippen LogP contribution in [0.1, 0.15) is 36.5 Å². The molecule has 0 aliphatic carbocycles. The van der Waals surface area contributed by atoms with E-state index in [-0.39, 0.29) is 24.2 Å². The van der Waals surface area contributed by atoms with Gasteiger partial charge in [-0.05, 0) is 44.9 Å². The van der Waals surface area contributed by atoms with Gasteiger partial charge in [0.1, 0.15) is 5.54 Å². The van der Waals surface area contributed by atoms with Gasteiger partial charge in [-0.3, -0.25) is 9.59 Å². The summed E-state index contributed by atoms with van der Waals surface area (Å²) in [6, 6.07) is 9.23. The third-order valence-electron chi connectivity index (χ3n) is 5.54. The number of likely N-dealkylation sites (tertiary alicyclic amines) is 1. The summed E-state index contributed by atoms with van der Waals surface area (Å²) < 4.78 is 0. The number of carbonyl (C=O) groups excluding carboxylic acids is 2. The molecule has 2 fully saturated rings. The average Bonchev–Trinajstić information content (AvgIpc) is 3.09. The predicted octanol–water partition coefficient (Wildman–Crippen LogP) is 1.51. The van der Waals surface area contributed by atoms with Crippen LogP contribution in [-0.4, -0.2) is 73.0 Å². The van der Waals surface area contributed by atoms with E-state index in [1.807, 2.05) is 37.3 Å². The fourth-order valence-electron chi connectivity index (χ4n) is 3.89. The average molecular weight is 395 g/mol. The van der Waals surface area contributed by atoms with E-state index in [0.717, 1.165) is 52.0 Å². The van der Waals surface area contributed by atoms with Crippen LogP contribution in [0.25, 0.3) is 0 Å². The lowest BCUT2D eigenvalue weighted by Gasteiger charge is -2.34. The Bertz CT molecular complexity index is 622. The van der Waals surface area contributed by atoms with Crippen LogP contribution >= 0.6 is 12.4 Å². The summed E-state index contributed by atoms with van der Waals surface area (Å²) in [5.41, 5.74) is -0.103. The van der Waals surface area contributed by atoms with Crippen molar-refractivity contribution < 1.29 is 9.59 Å². The SMILES string of the molecule is CC1(C(=O)NCCCN2CCNCC2)CCCN1C(=O)c1ccccc1.Cl. The molecule has 2 heterocycles. The van der Waals surface area contributed by atoms with Gasteiger partial charge in [0.15, 0.2) is 0 Å². The van der Waals surface area contributed by atoms with Crippen LogP contribution in [0.2, 0.25) is 0 Å². The molecule has 1 atom stereocenters. The van der Waals surface area contributed by atoms with Crippen LogP contribution in [0.4, 0.5) is 0 Å². The molecule has 2 amide bonds. The smallest absolute Gasteiger partial charge is 0.254 e. The quantitative estimate of drug-likeness (QED) is 0.718. The first-order valence-corrected chi connectivity index (χ1v) is 9.70. The number of hydrogen-bond donors (Lipinski definition) is 2. The molecule has 1 aromatic carbocycles. The minimum absolute atomic E-state index is 0. The van der Waals surface area contributed by atoms with Gasteiger partial charge in [-0.1, -0.05) is 18.2 Å². The molecule has 150 valence electrons. The van der Waals surface area contributed by atoms with E-state index >= 15 is 0 Å². The number of piperazine rings is 1. The van der Waals surface area contributed by atoms with E-state index in [1.54, 1.807) is 4.90 Å². The third kappa shape index (κ3) is 5.21. The molecule has 6 nitrogen and oxygen atoms in total. The maximum atomic E-state index is 12.8. The molecule has 7 heteroatoms. The fourth-order valence-corrected chi connectivity index (χ4v) is 3.89. The molecular formula is C20H31ClN4O2. The maximum Gasteiger partial charge on any atom is 0.254 e. The first-order valence-electron chi connectivity index (χ1n) is 9.70. The van der Waals surface area contributed by atoms with Gasteiger partial charge in [0, 0.05) is 44.8 Å². The second-order valence-electron chi connectivity index (χ2n) is 7.40. The largest absolute Gasteiger partial charge is 0.354 e. The molecule has 0 bridgehead atoms. The summed E-state index contributed by atoms with van der Waals surface area (Å²) in [6.45, 7) is 8.43. The molecule has 2 aliphatic rings. The third-order valence-corrected chi connectivity index (χ3v) is 5.54. The molecule has 0 spiro atoms. The van der Waals surface area contributed by atoms with Gasteiger partial charge in [-0.2, -0.15) is 0 Å². The zero-order valence-electron chi connectivity index (χ0n) is 16.1. The molecule has 0 saturated carbocycles. The molecule has 3 rings (SSSR count). The Kier molecular flexibility index (Phi) is 8.07. The van der Waals surface area contributed by atoms with E-state index in [1.165, 1.54) is 0 Å². The Morgan fingerprint density at radius 3 is 2.56 bits per heavy atom. The van der Waals surface area contributed by atoms with Crippen LogP contribution in [0, 0.1) is 0 Å². The number of benzene rings is 1. The number of rotatable bonds is 6. The topological polar surface area (TPSA) is 64.7 Å². The standard InChI is InChI=1S/C20H30N4O2.ClH/c1-20(19(26)22-10-6-13-23-15-11-21-12-16-23)9-5-14-24(20)18(25)17-7-3-2-4-8-17;/h2-4,7-8,21H,5-6,9-16H2,1H3,(H,22,26);1H. The molecule has 2 N–H and O–H groups in total. The maximum absolute atomic E-state index is 12.8. The first-order chi connectivity index (χ1) is 12.6. The van der Waals surface area contributed by atoms with Gasteiger partial charge in [-0.15, -0.1) is 12.4 Å². The van der Waals surface area contributed by atoms with Crippen molar-refractivity contribution in [3.8, 4) is 0 Å². The first kappa shape index (κ1) is 21.7. The predicted molar refractivity (Wildman–Crippen MR) is 109 cm³/mol. The highest BCUT2D eigenvalue weighted by molar-refractivity contribution is 5.99. The molecule has 2 saturated heterocycles. The number of carbonyl (C=O) groups is 2.